The lowest BCUT2D eigenvalue weighted by Crippen LogP contribution is -2.22. The summed E-state index contributed by atoms with van der Waals surface area (Å²) in [5.41, 5.74) is 2.07. The Hall–Kier alpha value is -1.39. The van der Waals surface area contributed by atoms with E-state index in [4.69, 9.17) is 9.84 Å². The van der Waals surface area contributed by atoms with Crippen LogP contribution in [-0.2, 0) is 16.1 Å². The lowest BCUT2D eigenvalue weighted by Gasteiger charge is -2.16. The average Bonchev–Trinajstić information content (AvgIpc) is 2.86. The summed E-state index contributed by atoms with van der Waals surface area (Å²) < 4.78 is 5.35. The van der Waals surface area contributed by atoms with Gasteiger partial charge in [0.15, 0.2) is 0 Å². The van der Waals surface area contributed by atoms with Crippen LogP contribution >= 0.6 is 0 Å². The van der Waals surface area contributed by atoms with Crippen molar-refractivity contribution in [3.05, 3.63) is 35.4 Å². The summed E-state index contributed by atoms with van der Waals surface area (Å²) in [7, 11) is 1.76. The Morgan fingerprint density at radius 2 is 2.16 bits per heavy atom. The molecule has 104 valence electrons. The summed E-state index contributed by atoms with van der Waals surface area (Å²) in [6.45, 7) is 4.65. The van der Waals surface area contributed by atoms with Gasteiger partial charge in [0, 0.05) is 26.7 Å². The second kappa shape index (κ2) is 6.17. The van der Waals surface area contributed by atoms with E-state index in [1.54, 1.807) is 14.0 Å². The van der Waals surface area contributed by atoms with E-state index < -0.39 is 11.9 Å². The first kappa shape index (κ1) is 14.0. The fourth-order valence-electron chi connectivity index (χ4n) is 2.45. The lowest BCUT2D eigenvalue weighted by atomic mass is 10.00. The molecule has 0 aliphatic carbocycles. The largest absolute Gasteiger partial charge is 0.481 e. The van der Waals surface area contributed by atoms with Crippen molar-refractivity contribution in [2.45, 2.75) is 31.9 Å². The second-order valence-electron chi connectivity index (χ2n) is 5.18. The number of carboxylic acid groups (broad SMARTS) is 1. The SMILES string of the molecule is COC1CCN(Cc2ccc(C(C)C(=O)O)cc2)C1. The molecule has 19 heavy (non-hydrogen) atoms. The van der Waals surface area contributed by atoms with E-state index >= 15 is 0 Å². The van der Waals surface area contributed by atoms with E-state index in [0.717, 1.165) is 31.6 Å². The highest BCUT2D eigenvalue weighted by molar-refractivity contribution is 5.75. The topological polar surface area (TPSA) is 49.8 Å². The van der Waals surface area contributed by atoms with Crippen LogP contribution in [0.4, 0.5) is 0 Å². The highest BCUT2D eigenvalue weighted by atomic mass is 16.5. The molecular weight excluding hydrogens is 242 g/mol. The molecule has 0 bridgehead atoms. The first-order valence-electron chi connectivity index (χ1n) is 6.67. The Balaban J connectivity index is 1.94. The maximum atomic E-state index is 10.9. The molecule has 1 aliphatic rings. The third kappa shape index (κ3) is 3.55. The van der Waals surface area contributed by atoms with Gasteiger partial charge < -0.3 is 9.84 Å². The van der Waals surface area contributed by atoms with Crippen LogP contribution in [0, 0.1) is 0 Å². The first-order chi connectivity index (χ1) is 9.10. The van der Waals surface area contributed by atoms with Gasteiger partial charge in [0.2, 0.25) is 0 Å². The van der Waals surface area contributed by atoms with Crippen LogP contribution in [0.1, 0.15) is 30.4 Å². The molecule has 1 aliphatic heterocycles. The van der Waals surface area contributed by atoms with Crippen molar-refractivity contribution < 1.29 is 14.6 Å². The zero-order valence-corrected chi connectivity index (χ0v) is 11.5. The fourth-order valence-corrected chi connectivity index (χ4v) is 2.45. The van der Waals surface area contributed by atoms with Crippen LogP contribution in [-0.4, -0.2) is 42.3 Å². The minimum absolute atomic E-state index is 0.353. The van der Waals surface area contributed by atoms with Crippen LogP contribution in [0.5, 0.6) is 0 Å². The Morgan fingerprint density at radius 3 is 2.68 bits per heavy atom. The van der Waals surface area contributed by atoms with Gasteiger partial charge in [-0.15, -0.1) is 0 Å². The zero-order valence-electron chi connectivity index (χ0n) is 11.5. The molecule has 4 heteroatoms. The van der Waals surface area contributed by atoms with Crippen LogP contribution in [0.2, 0.25) is 0 Å². The monoisotopic (exact) mass is 263 g/mol. The normalized spacial score (nSPS) is 21.5. The molecule has 1 fully saturated rings. The molecule has 0 amide bonds. The van der Waals surface area contributed by atoms with E-state index in [1.807, 2.05) is 24.3 Å². The third-order valence-electron chi connectivity index (χ3n) is 3.82. The van der Waals surface area contributed by atoms with Crippen molar-refractivity contribution in [3.63, 3.8) is 0 Å². The number of methoxy groups -OCH3 is 1. The van der Waals surface area contributed by atoms with Crippen LogP contribution in [0.15, 0.2) is 24.3 Å². The number of carboxylic acids is 1. The summed E-state index contributed by atoms with van der Waals surface area (Å²) in [5.74, 6) is -1.23. The molecule has 4 nitrogen and oxygen atoms in total. The molecule has 0 aromatic heterocycles. The highest BCUT2D eigenvalue weighted by Crippen LogP contribution is 2.19. The van der Waals surface area contributed by atoms with Crippen molar-refractivity contribution in [2.75, 3.05) is 20.2 Å². The van der Waals surface area contributed by atoms with E-state index in [9.17, 15) is 4.79 Å². The summed E-state index contributed by atoms with van der Waals surface area (Å²) in [6, 6.07) is 7.87. The molecule has 1 heterocycles. The second-order valence-corrected chi connectivity index (χ2v) is 5.18. The number of carbonyl (C=O) groups is 1. The maximum absolute atomic E-state index is 10.9. The maximum Gasteiger partial charge on any atom is 0.310 e. The number of likely N-dealkylation sites (tertiary alicyclic amines) is 1. The minimum atomic E-state index is -0.782. The van der Waals surface area contributed by atoms with Gasteiger partial charge >= 0.3 is 5.97 Å². The number of aliphatic carboxylic acids is 1. The summed E-state index contributed by atoms with van der Waals surface area (Å²) in [5, 5.41) is 8.97. The number of nitrogens with zero attached hydrogens (tertiary/aromatic N) is 1. The lowest BCUT2D eigenvalue weighted by molar-refractivity contribution is -0.138. The molecule has 0 spiro atoms. The minimum Gasteiger partial charge on any atom is -0.481 e. The van der Waals surface area contributed by atoms with Gasteiger partial charge in [0.25, 0.3) is 0 Å². The Morgan fingerprint density at radius 1 is 1.47 bits per heavy atom. The van der Waals surface area contributed by atoms with E-state index in [0.29, 0.717) is 6.10 Å². The van der Waals surface area contributed by atoms with Gasteiger partial charge in [-0.25, -0.2) is 0 Å². The molecule has 2 unspecified atom stereocenters. The molecule has 1 saturated heterocycles. The van der Waals surface area contributed by atoms with Gasteiger partial charge in [0.1, 0.15) is 0 Å². The Labute approximate surface area is 114 Å². The molecule has 0 saturated carbocycles. The van der Waals surface area contributed by atoms with Crippen molar-refractivity contribution in [2.24, 2.45) is 0 Å². The van der Waals surface area contributed by atoms with Crippen molar-refractivity contribution in [1.29, 1.82) is 0 Å². The average molecular weight is 263 g/mol. The first-order valence-corrected chi connectivity index (χ1v) is 6.67. The number of rotatable bonds is 5. The molecule has 2 rings (SSSR count). The molecule has 1 aromatic carbocycles. The standard InChI is InChI=1S/C15H21NO3/c1-11(15(17)18)13-5-3-12(4-6-13)9-16-8-7-14(10-16)19-2/h3-6,11,14H,7-10H2,1-2H3,(H,17,18). The number of benzene rings is 1. The molecule has 1 aromatic rings. The van der Waals surface area contributed by atoms with E-state index in [2.05, 4.69) is 4.90 Å². The number of hydrogen-bond acceptors (Lipinski definition) is 3. The summed E-state index contributed by atoms with van der Waals surface area (Å²) in [6.07, 6.45) is 1.44. The fraction of sp³-hybridized carbons (Fsp3) is 0.533. The van der Waals surface area contributed by atoms with Gasteiger partial charge in [-0.05, 0) is 24.5 Å². The molecular formula is C15H21NO3. The smallest absolute Gasteiger partial charge is 0.310 e. The van der Waals surface area contributed by atoms with Crippen LogP contribution in [0.3, 0.4) is 0 Å². The van der Waals surface area contributed by atoms with Gasteiger partial charge in [-0.1, -0.05) is 24.3 Å². The molecule has 0 radical (unpaired) electrons. The third-order valence-corrected chi connectivity index (χ3v) is 3.82. The summed E-state index contributed by atoms with van der Waals surface area (Å²) >= 11 is 0. The van der Waals surface area contributed by atoms with Gasteiger partial charge in [-0.2, -0.15) is 0 Å². The van der Waals surface area contributed by atoms with E-state index in [1.165, 1.54) is 5.56 Å². The predicted molar refractivity (Wildman–Crippen MR) is 73.2 cm³/mol. The zero-order chi connectivity index (χ0) is 13.8. The van der Waals surface area contributed by atoms with Crippen molar-refractivity contribution >= 4 is 5.97 Å². The predicted octanol–water partition coefficient (Wildman–Crippen LogP) is 2.10. The van der Waals surface area contributed by atoms with Crippen LogP contribution in [0.25, 0.3) is 0 Å². The Bertz CT molecular complexity index is 430. The Kier molecular flexibility index (Phi) is 4.56. The van der Waals surface area contributed by atoms with E-state index in [-0.39, 0.29) is 0 Å². The van der Waals surface area contributed by atoms with Crippen molar-refractivity contribution in [3.8, 4) is 0 Å². The van der Waals surface area contributed by atoms with Crippen molar-refractivity contribution in [1.82, 2.24) is 4.90 Å². The quantitative estimate of drug-likeness (QED) is 0.884. The highest BCUT2D eigenvalue weighted by Gasteiger charge is 2.21. The molecule has 2 atom stereocenters. The number of hydrogen-bond donors (Lipinski definition) is 1. The van der Waals surface area contributed by atoms with Gasteiger partial charge in [-0.3, -0.25) is 9.69 Å². The van der Waals surface area contributed by atoms with Gasteiger partial charge in [0.05, 0.1) is 12.0 Å². The number of ether oxygens (including phenoxy) is 1. The van der Waals surface area contributed by atoms with Crippen LogP contribution < -0.4 is 0 Å². The molecule has 1 N–H and O–H groups in total. The summed E-state index contributed by atoms with van der Waals surface area (Å²) in [4.78, 5) is 13.3.